The molecule has 0 radical (unpaired) electrons. The Bertz CT molecular complexity index is 1550. The first kappa shape index (κ1) is 22.3. The van der Waals surface area contributed by atoms with Gasteiger partial charge in [0.2, 0.25) is 0 Å². The third-order valence-electron chi connectivity index (χ3n) is 5.33. The number of non-ortho nitro benzene ring substituents is 1. The molecular weight excluding hydrogens is 442 g/mol. The number of nitrogens with zero attached hydrogens (tertiary/aromatic N) is 6. The van der Waals surface area contributed by atoms with Crippen LogP contribution in [-0.2, 0) is 0 Å². The average Bonchev–Trinajstić information content (AvgIpc) is 3.07. The molecular formula is C22H19N7O5. The van der Waals surface area contributed by atoms with Crippen LogP contribution in [0, 0.1) is 41.0 Å². The number of fused-ring (bicyclic) bond motifs is 1. The molecule has 2 aromatic heterocycles. The fourth-order valence-corrected chi connectivity index (χ4v) is 3.74. The Kier molecular flexibility index (Phi) is 5.63. The highest BCUT2D eigenvalue weighted by Crippen LogP contribution is 2.29. The maximum atomic E-state index is 13.2. The summed E-state index contributed by atoms with van der Waals surface area (Å²) < 4.78 is 3.21. The van der Waals surface area contributed by atoms with Crippen molar-refractivity contribution in [3.05, 3.63) is 102 Å². The van der Waals surface area contributed by atoms with Gasteiger partial charge in [-0.05, 0) is 45.0 Å². The number of para-hydroxylation sites is 1. The molecule has 0 aliphatic heterocycles. The topological polar surface area (TPSA) is 150 Å². The molecule has 12 nitrogen and oxygen atoms in total. The van der Waals surface area contributed by atoms with Crippen molar-refractivity contribution in [2.45, 2.75) is 20.8 Å². The van der Waals surface area contributed by atoms with Crippen molar-refractivity contribution in [2.24, 2.45) is 5.10 Å². The summed E-state index contributed by atoms with van der Waals surface area (Å²) in [4.78, 5) is 38.5. The Balaban J connectivity index is 1.70. The van der Waals surface area contributed by atoms with Gasteiger partial charge in [0.05, 0.1) is 33.0 Å². The molecule has 34 heavy (non-hydrogen) atoms. The van der Waals surface area contributed by atoms with Crippen molar-refractivity contribution in [3.8, 4) is 0 Å². The summed E-state index contributed by atoms with van der Waals surface area (Å²) in [6.07, 6.45) is 1.46. The predicted molar refractivity (Wildman–Crippen MR) is 126 cm³/mol. The number of nitro benzene ring substituents is 2. The normalized spacial score (nSPS) is 11.3. The lowest BCUT2D eigenvalue weighted by molar-refractivity contribution is -0.393. The van der Waals surface area contributed by atoms with E-state index in [1.54, 1.807) is 29.8 Å². The van der Waals surface area contributed by atoms with Gasteiger partial charge in [-0.2, -0.15) is 9.78 Å². The number of benzene rings is 2. The molecule has 2 heterocycles. The van der Waals surface area contributed by atoms with E-state index in [0.29, 0.717) is 28.0 Å². The Morgan fingerprint density at radius 1 is 1.00 bits per heavy atom. The summed E-state index contributed by atoms with van der Waals surface area (Å²) in [7, 11) is 0. The number of hydrogen-bond donors (Lipinski definition) is 1. The average molecular weight is 461 g/mol. The first-order valence-electron chi connectivity index (χ1n) is 10.1. The molecule has 0 unspecified atom stereocenters. The number of nitro groups is 2. The molecule has 0 fully saturated rings. The summed E-state index contributed by atoms with van der Waals surface area (Å²) in [5.74, 6) is 0.508. The molecule has 0 aliphatic carbocycles. The fraction of sp³-hybridized carbons (Fsp3) is 0.136. The lowest BCUT2D eigenvalue weighted by atomic mass is 10.2. The minimum Gasteiger partial charge on any atom is -0.272 e. The van der Waals surface area contributed by atoms with E-state index >= 15 is 0 Å². The molecule has 0 bridgehead atoms. The van der Waals surface area contributed by atoms with Gasteiger partial charge in [0, 0.05) is 23.0 Å². The van der Waals surface area contributed by atoms with Crippen LogP contribution in [-0.4, -0.2) is 30.4 Å². The zero-order valence-corrected chi connectivity index (χ0v) is 18.4. The zero-order valence-electron chi connectivity index (χ0n) is 18.4. The van der Waals surface area contributed by atoms with Crippen LogP contribution in [0.2, 0.25) is 0 Å². The van der Waals surface area contributed by atoms with Gasteiger partial charge in [-0.15, -0.1) is 0 Å². The van der Waals surface area contributed by atoms with E-state index in [4.69, 9.17) is 0 Å². The van der Waals surface area contributed by atoms with Gasteiger partial charge in [-0.1, -0.05) is 12.1 Å². The van der Waals surface area contributed by atoms with Crippen LogP contribution in [0.15, 0.2) is 58.4 Å². The second kappa shape index (κ2) is 8.58. The van der Waals surface area contributed by atoms with Crippen molar-refractivity contribution in [1.82, 2.24) is 14.3 Å². The maximum Gasteiger partial charge on any atom is 0.301 e. The Morgan fingerprint density at radius 3 is 2.44 bits per heavy atom. The minimum absolute atomic E-state index is 0.00597. The zero-order chi connectivity index (χ0) is 24.6. The Morgan fingerprint density at radius 2 is 1.74 bits per heavy atom. The predicted octanol–water partition coefficient (Wildman–Crippen LogP) is 3.70. The highest BCUT2D eigenvalue weighted by Gasteiger charge is 2.19. The number of nitrogens with one attached hydrogen (secondary N) is 1. The summed E-state index contributed by atoms with van der Waals surface area (Å²) >= 11 is 0. The molecule has 0 saturated carbocycles. The van der Waals surface area contributed by atoms with Crippen LogP contribution in [0.5, 0.6) is 0 Å². The maximum absolute atomic E-state index is 13.2. The number of aromatic nitrogens is 3. The van der Waals surface area contributed by atoms with E-state index in [1.807, 2.05) is 26.0 Å². The lowest BCUT2D eigenvalue weighted by Crippen LogP contribution is -2.30. The van der Waals surface area contributed by atoms with Crippen LogP contribution in [0.1, 0.15) is 22.8 Å². The second-order valence-corrected chi connectivity index (χ2v) is 7.52. The van der Waals surface area contributed by atoms with Gasteiger partial charge in [0.25, 0.3) is 11.2 Å². The number of anilines is 1. The van der Waals surface area contributed by atoms with E-state index in [1.165, 1.54) is 17.0 Å². The van der Waals surface area contributed by atoms with Gasteiger partial charge in [-0.3, -0.25) is 35.1 Å². The molecule has 0 saturated heterocycles. The molecule has 1 N–H and O–H groups in total. The highest BCUT2D eigenvalue weighted by molar-refractivity contribution is 5.83. The smallest absolute Gasteiger partial charge is 0.272 e. The van der Waals surface area contributed by atoms with E-state index in [2.05, 4.69) is 15.5 Å². The van der Waals surface area contributed by atoms with Crippen molar-refractivity contribution in [3.63, 3.8) is 0 Å². The first-order chi connectivity index (χ1) is 16.2. The van der Waals surface area contributed by atoms with Gasteiger partial charge in [0.15, 0.2) is 0 Å². The number of hydrazone groups is 1. The molecule has 0 spiro atoms. The van der Waals surface area contributed by atoms with E-state index in [0.717, 1.165) is 17.8 Å². The molecule has 12 heteroatoms. The minimum atomic E-state index is -0.724. The van der Waals surface area contributed by atoms with Gasteiger partial charge >= 0.3 is 5.69 Å². The lowest BCUT2D eigenvalue weighted by Gasteiger charge is -2.16. The molecule has 4 rings (SSSR count). The number of rotatable bonds is 6. The van der Waals surface area contributed by atoms with Crippen molar-refractivity contribution in [2.75, 3.05) is 5.43 Å². The van der Waals surface area contributed by atoms with Crippen molar-refractivity contribution >= 4 is 34.2 Å². The van der Waals surface area contributed by atoms with Crippen molar-refractivity contribution in [1.29, 1.82) is 0 Å². The Hall–Kier alpha value is -4.87. The quantitative estimate of drug-likeness (QED) is 0.261. The second-order valence-electron chi connectivity index (χ2n) is 7.52. The summed E-state index contributed by atoms with van der Waals surface area (Å²) in [6, 6.07) is 12.2. The van der Waals surface area contributed by atoms with Gasteiger partial charge < -0.3 is 0 Å². The largest absolute Gasteiger partial charge is 0.301 e. The summed E-state index contributed by atoms with van der Waals surface area (Å²) in [5, 5.41) is 26.7. The van der Waals surface area contributed by atoms with Gasteiger partial charge in [0.1, 0.15) is 11.5 Å². The van der Waals surface area contributed by atoms with Crippen LogP contribution >= 0.6 is 0 Å². The number of hydrogen-bond acceptors (Lipinski definition) is 8. The summed E-state index contributed by atoms with van der Waals surface area (Å²) in [5.41, 5.74) is 4.21. The fourth-order valence-electron chi connectivity index (χ4n) is 3.74. The molecule has 0 aliphatic rings. The highest BCUT2D eigenvalue weighted by atomic mass is 16.6. The van der Waals surface area contributed by atoms with Crippen LogP contribution in [0.4, 0.5) is 17.1 Å². The molecule has 0 atom stereocenters. The molecule has 0 amide bonds. The van der Waals surface area contributed by atoms with E-state index < -0.39 is 21.2 Å². The van der Waals surface area contributed by atoms with E-state index in [9.17, 15) is 25.0 Å². The van der Waals surface area contributed by atoms with Crippen molar-refractivity contribution < 1.29 is 9.85 Å². The molecule has 4 aromatic rings. The van der Waals surface area contributed by atoms with Crippen LogP contribution in [0.3, 0.4) is 0 Å². The monoisotopic (exact) mass is 461 g/mol. The van der Waals surface area contributed by atoms with Gasteiger partial charge in [-0.25, -0.2) is 4.98 Å². The molecule has 2 aromatic carbocycles. The SMILES string of the molecule is Cc1cc(C=NNc2ccc([N+](=O)[O-])cc2[N+](=O)[O-])c(C)n1-n1c(C)nc2ccccc2c1=O. The van der Waals surface area contributed by atoms with Crippen LogP contribution < -0.4 is 11.0 Å². The number of aryl methyl sites for hydroxylation is 2. The van der Waals surface area contributed by atoms with E-state index in [-0.39, 0.29) is 11.2 Å². The first-order valence-corrected chi connectivity index (χ1v) is 10.1. The third-order valence-corrected chi connectivity index (χ3v) is 5.33. The summed E-state index contributed by atoms with van der Waals surface area (Å²) in [6.45, 7) is 5.39. The molecule has 172 valence electrons. The Labute approximate surface area is 192 Å². The van der Waals surface area contributed by atoms with Crippen LogP contribution in [0.25, 0.3) is 10.9 Å². The standard InChI is InChI=1S/C22H19N7O5/c1-13-10-16(12-23-25-20-9-8-17(28(31)32)11-21(20)29(33)34)14(2)26(13)27-15(3)24-19-7-5-4-6-18(19)22(27)30/h4-12,25H,1-3H3. The third kappa shape index (κ3) is 3.88.